The van der Waals surface area contributed by atoms with Gasteiger partial charge in [-0.1, -0.05) is 24.3 Å². The lowest BCUT2D eigenvalue weighted by atomic mass is 10.1. The molecule has 0 radical (unpaired) electrons. The summed E-state index contributed by atoms with van der Waals surface area (Å²) in [6.45, 7) is 6.60. The second kappa shape index (κ2) is 8.79. The minimum atomic E-state index is 0.0756. The normalized spacial score (nSPS) is 14.1. The molecule has 30 heavy (non-hydrogen) atoms. The van der Waals surface area contributed by atoms with Crippen LogP contribution in [0.3, 0.4) is 0 Å². The minimum Gasteiger partial charge on any atom is -0.368 e. The Hall–Kier alpha value is -2.99. The molecule has 1 aliphatic rings. The molecule has 0 atom stereocenters. The Bertz CT molecular complexity index is 1030. The van der Waals surface area contributed by atoms with Crippen molar-refractivity contribution in [3.05, 3.63) is 70.0 Å². The van der Waals surface area contributed by atoms with E-state index in [0.29, 0.717) is 19.5 Å². The summed E-state index contributed by atoms with van der Waals surface area (Å²) in [6, 6.07) is 15.8. The van der Waals surface area contributed by atoms with Crippen LogP contribution in [0.5, 0.6) is 0 Å². The van der Waals surface area contributed by atoms with Gasteiger partial charge in [0.1, 0.15) is 0 Å². The number of piperazine rings is 1. The van der Waals surface area contributed by atoms with E-state index in [-0.39, 0.29) is 11.7 Å². The number of hydrogen-bond acceptors (Lipinski definition) is 5. The van der Waals surface area contributed by atoms with E-state index in [1.54, 1.807) is 18.3 Å². The quantitative estimate of drug-likeness (QED) is 0.581. The highest BCUT2D eigenvalue weighted by Crippen LogP contribution is 2.22. The third-order valence-electron chi connectivity index (χ3n) is 5.50. The zero-order valence-electron chi connectivity index (χ0n) is 17.3. The zero-order chi connectivity index (χ0) is 21.1. The van der Waals surface area contributed by atoms with Gasteiger partial charge >= 0.3 is 0 Å². The third kappa shape index (κ3) is 4.60. The molecule has 5 nitrogen and oxygen atoms in total. The first kappa shape index (κ1) is 20.3. The Morgan fingerprint density at radius 3 is 2.20 bits per heavy atom. The number of nitrogens with zero attached hydrogens (tertiary/aromatic N) is 3. The molecule has 0 bridgehead atoms. The van der Waals surface area contributed by atoms with Gasteiger partial charge in [-0.05, 0) is 43.7 Å². The van der Waals surface area contributed by atoms with Gasteiger partial charge in [-0.3, -0.25) is 9.59 Å². The molecule has 154 valence electrons. The van der Waals surface area contributed by atoms with E-state index in [0.717, 1.165) is 46.2 Å². The van der Waals surface area contributed by atoms with Crippen LogP contribution in [0.2, 0.25) is 0 Å². The highest BCUT2D eigenvalue weighted by molar-refractivity contribution is 7.09. The number of hydrogen-bond donors (Lipinski definition) is 0. The molecule has 6 heteroatoms. The maximum Gasteiger partial charge on any atom is 0.227 e. The van der Waals surface area contributed by atoms with E-state index in [9.17, 15) is 9.59 Å². The molecule has 1 aromatic heterocycles. The molecule has 2 heterocycles. The standard InChI is InChI=1S/C24H25N3O2S/c1-17(28)20-7-9-22(10-8-20)26-11-13-27(14-12-26)24(29)15-19-3-5-21(6-4-19)23-16-30-18(2)25-23/h3-10,16H,11-15H2,1-2H3. The van der Waals surface area contributed by atoms with Crippen molar-refractivity contribution in [1.82, 2.24) is 9.88 Å². The van der Waals surface area contributed by atoms with Crippen molar-refractivity contribution in [2.45, 2.75) is 20.3 Å². The average Bonchev–Trinajstić information content (AvgIpc) is 3.21. The molecule has 0 aliphatic carbocycles. The van der Waals surface area contributed by atoms with Crippen molar-refractivity contribution >= 4 is 28.7 Å². The second-order valence-corrected chi connectivity index (χ2v) is 8.66. The molecule has 0 spiro atoms. The number of aryl methyl sites for hydroxylation is 1. The number of ketones is 1. The topological polar surface area (TPSA) is 53.5 Å². The maximum absolute atomic E-state index is 12.7. The monoisotopic (exact) mass is 419 g/mol. The van der Waals surface area contributed by atoms with Crippen molar-refractivity contribution < 1.29 is 9.59 Å². The number of carbonyl (C=O) groups excluding carboxylic acids is 2. The minimum absolute atomic E-state index is 0.0756. The first-order valence-electron chi connectivity index (χ1n) is 10.1. The fraction of sp³-hybridized carbons (Fsp3) is 0.292. The summed E-state index contributed by atoms with van der Waals surface area (Å²) in [5, 5.41) is 3.11. The van der Waals surface area contributed by atoms with Crippen molar-refractivity contribution in [2.75, 3.05) is 31.1 Å². The zero-order valence-corrected chi connectivity index (χ0v) is 18.1. The SMILES string of the molecule is CC(=O)c1ccc(N2CCN(C(=O)Cc3ccc(-c4csc(C)n4)cc3)CC2)cc1. The van der Waals surface area contributed by atoms with Crippen LogP contribution in [0.15, 0.2) is 53.9 Å². The highest BCUT2D eigenvalue weighted by atomic mass is 32.1. The first-order valence-corrected chi connectivity index (χ1v) is 11.0. The van der Waals surface area contributed by atoms with Crippen LogP contribution in [0.25, 0.3) is 11.3 Å². The van der Waals surface area contributed by atoms with Crippen LogP contribution >= 0.6 is 11.3 Å². The second-order valence-electron chi connectivity index (χ2n) is 7.60. The largest absolute Gasteiger partial charge is 0.368 e. The Morgan fingerprint density at radius 2 is 1.63 bits per heavy atom. The Kier molecular flexibility index (Phi) is 5.95. The molecule has 0 N–H and O–H groups in total. The van der Waals surface area contributed by atoms with Crippen LogP contribution in [0.4, 0.5) is 5.69 Å². The summed E-state index contributed by atoms with van der Waals surface area (Å²) in [5.74, 6) is 0.241. The van der Waals surface area contributed by atoms with E-state index in [4.69, 9.17) is 0 Å². The number of amides is 1. The number of aromatic nitrogens is 1. The smallest absolute Gasteiger partial charge is 0.227 e. The summed E-state index contributed by atoms with van der Waals surface area (Å²) in [4.78, 5) is 32.9. The van der Waals surface area contributed by atoms with Crippen LogP contribution in [-0.2, 0) is 11.2 Å². The number of Topliss-reactive ketones (excluding diaryl/α,β-unsaturated/α-hetero) is 1. The molecule has 0 saturated carbocycles. The van der Waals surface area contributed by atoms with Crippen LogP contribution in [-0.4, -0.2) is 47.8 Å². The Balaban J connectivity index is 1.31. The van der Waals surface area contributed by atoms with Gasteiger partial charge in [-0.2, -0.15) is 0 Å². The van der Waals surface area contributed by atoms with Gasteiger partial charge in [0.05, 0.1) is 17.1 Å². The average molecular weight is 420 g/mol. The summed E-state index contributed by atoms with van der Waals surface area (Å²) in [6.07, 6.45) is 0.420. The third-order valence-corrected chi connectivity index (χ3v) is 6.27. The lowest BCUT2D eigenvalue weighted by Gasteiger charge is -2.36. The van der Waals surface area contributed by atoms with Crippen molar-refractivity contribution in [1.29, 1.82) is 0 Å². The van der Waals surface area contributed by atoms with E-state index in [2.05, 4.69) is 15.3 Å². The molecule has 2 aromatic carbocycles. The molecular weight excluding hydrogens is 394 g/mol. The predicted octanol–water partition coefficient (Wildman–Crippen LogP) is 4.21. The summed E-state index contributed by atoms with van der Waals surface area (Å²) in [7, 11) is 0. The van der Waals surface area contributed by atoms with E-state index >= 15 is 0 Å². The molecule has 4 rings (SSSR count). The molecular formula is C24H25N3O2S. The summed E-state index contributed by atoms with van der Waals surface area (Å²) < 4.78 is 0. The number of thiazole rings is 1. The number of carbonyl (C=O) groups is 2. The van der Waals surface area contributed by atoms with E-state index in [1.165, 1.54) is 0 Å². The van der Waals surface area contributed by atoms with E-state index in [1.807, 2.05) is 60.4 Å². The van der Waals surface area contributed by atoms with Crippen molar-refractivity contribution in [3.63, 3.8) is 0 Å². The fourth-order valence-corrected chi connectivity index (χ4v) is 4.32. The molecule has 1 aliphatic heterocycles. The Morgan fingerprint density at radius 1 is 0.967 bits per heavy atom. The fourth-order valence-electron chi connectivity index (χ4n) is 3.70. The van der Waals surface area contributed by atoms with Crippen LogP contribution in [0.1, 0.15) is 27.9 Å². The summed E-state index contributed by atoms with van der Waals surface area (Å²) >= 11 is 1.64. The van der Waals surface area contributed by atoms with Gasteiger partial charge in [-0.15, -0.1) is 11.3 Å². The van der Waals surface area contributed by atoms with Gasteiger partial charge in [0.15, 0.2) is 5.78 Å². The molecule has 1 fully saturated rings. The van der Waals surface area contributed by atoms with Crippen LogP contribution in [0, 0.1) is 6.92 Å². The van der Waals surface area contributed by atoms with Crippen molar-refractivity contribution in [3.8, 4) is 11.3 Å². The number of rotatable bonds is 5. The van der Waals surface area contributed by atoms with Crippen molar-refractivity contribution in [2.24, 2.45) is 0 Å². The summed E-state index contributed by atoms with van der Waals surface area (Å²) in [5.41, 5.74) is 4.92. The molecule has 3 aromatic rings. The molecule has 1 saturated heterocycles. The number of benzene rings is 2. The first-order chi connectivity index (χ1) is 14.5. The van der Waals surface area contributed by atoms with E-state index < -0.39 is 0 Å². The maximum atomic E-state index is 12.7. The van der Waals surface area contributed by atoms with Gasteiger partial charge < -0.3 is 9.80 Å². The van der Waals surface area contributed by atoms with Gasteiger partial charge in [-0.25, -0.2) is 4.98 Å². The van der Waals surface area contributed by atoms with Gasteiger partial charge in [0, 0.05) is 48.4 Å². The number of anilines is 1. The van der Waals surface area contributed by atoms with Gasteiger partial charge in [0.25, 0.3) is 0 Å². The highest BCUT2D eigenvalue weighted by Gasteiger charge is 2.21. The Labute approximate surface area is 181 Å². The lowest BCUT2D eigenvalue weighted by molar-refractivity contribution is -0.130. The van der Waals surface area contributed by atoms with Crippen LogP contribution < -0.4 is 4.90 Å². The lowest BCUT2D eigenvalue weighted by Crippen LogP contribution is -2.49. The predicted molar refractivity (Wildman–Crippen MR) is 121 cm³/mol. The molecule has 0 unspecified atom stereocenters. The molecule has 1 amide bonds. The van der Waals surface area contributed by atoms with Gasteiger partial charge in [0.2, 0.25) is 5.91 Å².